The molecule has 0 spiro atoms. The average Bonchev–Trinajstić information content (AvgIpc) is 2.62. The Balaban J connectivity index is 2.03. The lowest BCUT2D eigenvalue weighted by atomic mass is 10.0. The summed E-state index contributed by atoms with van der Waals surface area (Å²) in [5.41, 5.74) is 4.69. The molecule has 0 saturated heterocycles. The summed E-state index contributed by atoms with van der Waals surface area (Å²) in [6.07, 6.45) is 0. The number of sulfonamides is 1. The summed E-state index contributed by atoms with van der Waals surface area (Å²) in [5.74, 6) is -0.164. The minimum absolute atomic E-state index is 0.0553. The molecule has 0 bridgehead atoms. The fourth-order valence-corrected chi connectivity index (χ4v) is 3.92. The number of rotatable bonds is 7. The standard InChI is InChI=1S/C21H29N3O3S/c1-14-7-9-18(11-16(14)3)17(4)23-21(25)13-22-19-10-8-15(2)20(12-19)28(26,27)24(5)6/h7-12,17,22H,13H2,1-6H3,(H,23,25). The van der Waals surface area contributed by atoms with Crippen molar-refractivity contribution in [1.82, 2.24) is 9.62 Å². The number of amides is 1. The SMILES string of the molecule is Cc1ccc(C(C)NC(=O)CNc2ccc(C)c(S(=O)(=O)N(C)C)c2)cc1C. The van der Waals surface area contributed by atoms with E-state index in [1.807, 2.05) is 26.0 Å². The summed E-state index contributed by atoms with van der Waals surface area (Å²) in [6.45, 7) is 7.84. The van der Waals surface area contributed by atoms with E-state index in [2.05, 4.69) is 23.6 Å². The molecule has 6 nitrogen and oxygen atoms in total. The Morgan fingerprint density at radius 3 is 2.25 bits per heavy atom. The number of hydrogen-bond donors (Lipinski definition) is 2. The Bertz CT molecular complexity index is 969. The highest BCUT2D eigenvalue weighted by atomic mass is 32.2. The molecule has 0 aliphatic carbocycles. The largest absolute Gasteiger partial charge is 0.376 e. The van der Waals surface area contributed by atoms with E-state index in [1.54, 1.807) is 25.1 Å². The maximum Gasteiger partial charge on any atom is 0.242 e. The number of hydrogen-bond acceptors (Lipinski definition) is 4. The second-order valence-electron chi connectivity index (χ2n) is 7.25. The van der Waals surface area contributed by atoms with Crippen LogP contribution in [0, 0.1) is 20.8 Å². The van der Waals surface area contributed by atoms with Crippen LogP contribution >= 0.6 is 0 Å². The van der Waals surface area contributed by atoms with Crippen molar-refractivity contribution in [2.24, 2.45) is 0 Å². The minimum Gasteiger partial charge on any atom is -0.376 e. The highest BCUT2D eigenvalue weighted by molar-refractivity contribution is 7.89. The van der Waals surface area contributed by atoms with Crippen molar-refractivity contribution in [2.75, 3.05) is 26.0 Å². The van der Waals surface area contributed by atoms with Gasteiger partial charge in [-0.3, -0.25) is 4.79 Å². The zero-order chi connectivity index (χ0) is 21.1. The predicted octanol–water partition coefficient (Wildman–Crippen LogP) is 3.15. The van der Waals surface area contributed by atoms with Gasteiger partial charge in [0.25, 0.3) is 0 Å². The summed E-state index contributed by atoms with van der Waals surface area (Å²) in [6, 6.07) is 11.1. The predicted molar refractivity (Wildman–Crippen MR) is 113 cm³/mol. The van der Waals surface area contributed by atoms with Gasteiger partial charge in [-0.05, 0) is 62.1 Å². The first-order valence-corrected chi connectivity index (χ1v) is 10.6. The van der Waals surface area contributed by atoms with Crippen LogP contribution in [0.25, 0.3) is 0 Å². The normalized spacial score (nSPS) is 12.7. The molecule has 1 atom stereocenters. The van der Waals surface area contributed by atoms with E-state index in [0.29, 0.717) is 11.3 Å². The molecule has 0 radical (unpaired) electrons. The van der Waals surface area contributed by atoms with Gasteiger partial charge in [0.05, 0.1) is 17.5 Å². The highest BCUT2D eigenvalue weighted by Gasteiger charge is 2.20. The van der Waals surface area contributed by atoms with Crippen LogP contribution in [-0.4, -0.2) is 39.3 Å². The van der Waals surface area contributed by atoms with E-state index in [0.717, 1.165) is 5.56 Å². The van der Waals surface area contributed by atoms with E-state index in [-0.39, 0.29) is 23.4 Å². The molecule has 7 heteroatoms. The van der Waals surface area contributed by atoms with Crippen LogP contribution in [0.2, 0.25) is 0 Å². The second kappa shape index (κ2) is 8.75. The van der Waals surface area contributed by atoms with E-state index in [9.17, 15) is 13.2 Å². The smallest absolute Gasteiger partial charge is 0.242 e. The molecule has 28 heavy (non-hydrogen) atoms. The molecule has 0 aliphatic heterocycles. The zero-order valence-corrected chi connectivity index (χ0v) is 18.1. The molecule has 2 N–H and O–H groups in total. The number of nitrogens with one attached hydrogen (secondary N) is 2. The molecule has 152 valence electrons. The van der Waals surface area contributed by atoms with Gasteiger partial charge >= 0.3 is 0 Å². The summed E-state index contributed by atoms with van der Waals surface area (Å²) in [5, 5.41) is 5.97. The Hall–Kier alpha value is -2.38. The van der Waals surface area contributed by atoms with Gasteiger partial charge in [-0.25, -0.2) is 12.7 Å². The Morgan fingerprint density at radius 1 is 1.00 bits per heavy atom. The maximum atomic E-state index is 12.4. The summed E-state index contributed by atoms with van der Waals surface area (Å²) in [7, 11) is -0.545. The maximum absolute atomic E-state index is 12.4. The van der Waals surface area contributed by atoms with E-state index < -0.39 is 10.0 Å². The number of benzene rings is 2. The van der Waals surface area contributed by atoms with Gasteiger partial charge in [0.15, 0.2) is 0 Å². The molecule has 2 aromatic rings. The molecule has 0 aliphatic rings. The van der Waals surface area contributed by atoms with Crippen molar-refractivity contribution in [3.8, 4) is 0 Å². The van der Waals surface area contributed by atoms with Crippen molar-refractivity contribution in [2.45, 2.75) is 38.6 Å². The van der Waals surface area contributed by atoms with Gasteiger partial charge in [-0.2, -0.15) is 0 Å². The third-order valence-electron chi connectivity index (χ3n) is 4.81. The number of nitrogens with zero attached hydrogens (tertiary/aromatic N) is 1. The quantitative estimate of drug-likeness (QED) is 0.744. The molecular formula is C21H29N3O3S. The van der Waals surface area contributed by atoms with Crippen LogP contribution in [0.3, 0.4) is 0 Å². The first-order chi connectivity index (χ1) is 13.0. The van der Waals surface area contributed by atoms with E-state index in [4.69, 9.17) is 0 Å². The molecular weight excluding hydrogens is 374 g/mol. The molecule has 0 aromatic heterocycles. The molecule has 2 aromatic carbocycles. The lowest BCUT2D eigenvalue weighted by Gasteiger charge is -2.17. The third kappa shape index (κ3) is 5.11. The van der Waals surface area contributed by atoms with Gasteiger partial charge in [-0.1, -0.05) is 24.3 Å². The second-order valence-corrected chi connectivity index (χ2v) is 9.37. The van der Waals surface area contributed by atoms with Crippen LogP contribution in [0.4, 0.5) is 5.69 Å². The first-order valence-electron chi connectivity index (χ1n) is 9.16. The van der Waals surface area contributed by atoms with Crippen LogP contribution in [-0.2, 0) is 14.8 Å². The number of anilines is 1. The molecule has 0 heterocycles. The summed E-state index contributed by atoms with van der Waals surface area (Å²) < 4.78 is 26.0. The fourth-order valence-electron chi connectivity index (χ4n) is 2.78. The monoisotopic (exact) mass is 403 g/mol. The van der Waals surface area contributed by atoms with Gasteiger partial charge in [0, 0.05) is 19.8 Å². The lowest BCUT2D eigenvalue weighted by molar-refractivity contribution is -0.120. The Morgan fingerprint density at radius 2 is 1.64 bits per heavy atom. The van der Waals surface area contributed by atoms with E-state index in [1.165, 1.54) is 29.5 Å². The van der Waals surface area contributed by atoms with E-state index >= 15 is 0 Å². The van der Waals surface area contributed by atoms with Crippen molar-refractivity contribution in [3.63, 3.8) is 0 Å². The Labute approximate surface area is 168 Å². The van der Waals surface area contributed by atoms with Gasteiger partial charge in [-0.15, -0.1) is 0 Å². The number of carbonyl (C=O) groups excluding carboxylic acids is 1. The van der Waals surface area contributed by atoms with Crippen LogP contribution < -0.4 is 10.6 Å². The van der Waals surface area contributed by atoms with Crippen molar-refractivity contribution in [1.29, 1.82) is 0 Å². The van der Waals surface area contributed by atoms with Gasteiger partial charge in [0.2, 0.25) is 15.9 Å². The topological polar surface area (TPSA) is 78.5 Å². The number of aryl methyl sites for hydroxylation is 3. The molecule has 2 rings (SSSR count). The lowest BCUT2D eigenvalue weighted by Crippen LogP contribution is -2.32. The summed E-state index contributed by atoms with van der Waals surface area (Å²) >= 11 is 0. The van der Waals surface area contributed by atoms with Gasteiger partial charge < -0.3 is 10.6 Å². The average molecular weight is 404 g/mol. The Kier molecular flexibility index (Phi) is 6.85. The van der Waals surface area contributed by atoms with Crippen molar-refractivity contribution >= 4 is 21.6 Å². The first kappa shape index (κ1) is 21.9. The van der Waals surface area contributed by atoms with Gasteiger partial charge in [0.1, 0.15) is 0 Å². The zero-order valence-electron chi connectivity index (χ0n) is 17.3. The highest BCUT2D eigenvalue weighted by Crippen LogP contribution is 2.22. The van der Waals surface area contributed by atoms with Crippen LogP contribution in [0.15, 0.2) is 41.3 Å². The van der Waals surface area contributed by atoms with Crippen LogP contribution in [0.5, 0.6) is 0 Å². The fraction of sp³-hybridized carbons (Fsp3) is 0.381. The molecule has 0 saturated carbocycles. The summed E-state index contributed by atoms with van der Waals surface area (Å²) in [4.78, 5) is 12.5. The molecule has 1 amide bonds. The molecule has 0 fully saturated rings. The third-order valence-corrected chi connectivity index (χ3v) is 6.77. The van der Waals surface area contributed by atoms with Crippen molar-refractivity contribution in [3.05, 3.63) is 58.7 Å². The van der Waals surface area contributed by atoms with Crippen molar-refractivity contribution < 1.29 is 13.2 Å². The number of carbonyl (C=O) groups is 1. The molecule has 1 unspecified atom stereocenters. The van der Waals surface area contributed by atoms with Crippen LogP contribution in [0.1, 0.15) is 35.2 Å². The minimum atomic E-state index is -3.54.